The van der Waals surface area contributed by atoms with Gasteiger partial charge in [-0.05, 0) is 47.5 Å². The molecule has 3 heterocycles. The SMILES string of the molecule is COc1cc(-c2cc(Cl)cc(OC(F)(F)F)c2)c(F)cc1-n1c2c(ccc1=O)CN(S(=O)Nc1cccnn1)CC2. The molecule has 2 aromatic carbocycles. The number of alkyl halides is 3. The third-order valence-electron chi connectivity index (χ3n) is 6.16. The van der Waals surface area contributed by atoms with Crippen molar-refractivity contribution in [1.82, 2.24) is 19.1 Å². The van der Waals surface area contributed by atoms with E-state index in [2.05, 4.69) is 19.7 Å². The molecule has 9 nitrogen and oxygen atoms in total. The monoisotopic (exact) mass is 609 g/mol. The summed E-state index contributed by atoms with van der Waals surface area (Å²) >= 11 is 4.33. The van der Waals surface area contributed by atoms with E-state index < -0.39 is 34.7 Å². The number of rotatable bonds is 7. The Hall–Kier alpha value is -4.01. The van der Waals surface area contributed by atoms with Gasteiger partial charge in [-0.25, -0.2) is 12.9 Å². The maximum absolute atomic E-state index is 15.5. The van der Waals surface area contributed by atoms with Crippen molar-refractivity contribution in [1.29, 1.82) is 0 Å². The zero-order valence-corrected chi connectivity index (χ0v) is 22.7. The molecule has 1 aliphatic rings. The topological polar surface area (TPSA) is 98.6 Å². The fraction of sp³-hybridized carbons (Fsp3) is 0.192. The highest BCUT2D eigenvalue weighted by molar-refractivity contribution is 7.84. The molecule has 1 unspecified atom stereocenters. The molecule has 0 saturated heterocycles. The molecule has 4 aromatic rings. The van der Waals surface area contributed by atoms with Gasteiger partial charge in [-0.2, -0.15) is 5.10 Å². The fourth-order valence-corrected chi connectivity index (χ4v) is 5.62. The number of benzene rings is 2. The third kappa shape index (κ3) is 6.34. The van der Waals surface area contributed by atoms with Crippen LogP contribution in [0.3, 0.4) is 0 Å². The Morgan fingerprint density at radius 3 is 2.63 bits per heavy atom. The van der Waals surface area contributed by atoms with Crippen molar-refractivity contribution in [3.05, 3.63) is 93.2 Å². The summed E-state index contributed by atoms with van der Waals surface area (Å²) in [6.45, 7) is 0.507. The van der Waals surface area contributed by atoms with Crippen molar-refractivity contribution >= 4 is 28.6 Å². The molecule has 1 atom stereocenters. The second-order valence-corrected chi connectivity index (χ2v) is 10.4. The molecular weight excluding hydrogens is 590 g/mol. The van der Waals surface area contributed by atoms with Crippen LogP contribution >= 0.6 is 11.6 Å². The van der Waals surface area contributed by atoms with Gasteiger partial charge in [0, 0.05) is 54.1 Å². The van der Waals surface area contributed by atoms with Crippen LogP contribution in [0.1, 0.15) is 11.3 Å². The average molecular weight is 610 g/mol. The Morgan fingerprint density at radius 1 is 1.12 bits per heavy atom. The number of hydrogen-bond donors (Lipinski definition) is 1. The minimum absolute atomic E-state index is 0.00950. The second-order valence-electron chi connectivity index (χ2n) is 8.78. The molecule has 1 aliphatic heterocycles. The lowest BCUT2D eigenvalue weighted by Gasteiger charge is -2.29. The quantitative estimate of drug-likeness (QED) is 0.295. The number of methoxy groups -OCH3 is 1. The molecular formula is C26H20ClF4N5O4S. The molecule has 0 amide bonds. The van der Waals surface area contributed by atoms with Crippen molar-refractivity contribution in [2.24, 2.45) is 0 Å². The van der Waals surface area contributed by atoms with E-state index in [1.807, 2.05) is 0 Å². The van der Waals surface area contributed by atoms with Crippen molar-refractivity contribution in [3.8, 4) is 28.3 Å². The maximum Gasteiger partial charge on any atom is 0.573 e. The molecule has 0 saturated carbocycles. The van der Waals surface area contributed by atoms with Gasteiger partial charge in [0.1, 0.15) is 17.3 Å². The normalized spacial score (nSPS) is 14.3. The lowest BCUT2D eigenvalue weighted by atomic mass is 10.0. The van der Waals surface area contributed by atoms with E-state index in [4.69, 9.17) is 16.3 Å². The number of halogens is 5. The predicted octanol–water partition coefficient (Wildman–Crippen LogP) is 5.04. The third-order valence-corrected chi connectivity index (χ3v) is 7.54. The molecule has 0 aliphatic carbocycles. The van der Waals surface area contributed by atoms with Gasteiger partial charge >= 0.3 is 6.36 Å². The van der Waals surface area contributed by atoms with Gasteiger partial charge in [-0.15, -0.1) is 18.3 Å². The highest BCUT2D eigenvalue weighted by Crippen LogP contribution is 2.37. The van der Waals surface area contributed by atoms with Gasteiger partial charge in [0.15, 0.2) is 17.0 Å². The first-order chi connectivity index (χ1) is 19.5. The molecule has 5 rings (SSSR count). The Bertz CT molecular complexity index is 1690. The van der Waals surface area contributed by atoms with Crippen molar-refractivity contribution in [3.63, 3.8) is 0 Å². The number of fused-ring (bicyclic) bond motifs is 1. The van der Waals surface area contributed by atoms with Gasteiger partial charge in [0.05, 0.1) is 12.8 Å². The van der Waals surface area contributed by atoms with Crippen LogP contribution in [0.15, 0.2) is 65.6 Å². The average Bonchev–Trinajstić information content (AvgIpc) is 2.92. The first-order valence-corrected chi connectivity index (χ1v) is 13.4. The van der Waals surface area contributed by atoms with E-state index in [0.29, 0.717) is 23.6 Å². The number of nitrogens with one attached hydrogen (secondary N) is 1. The number of ether oxygens (including phenoxy) is 2. The van der Waals surface area contributed by atoms with Gasteiger partial charge in [-0.1, -0.05) is 17.7 Å². The van der Waals surface area contributed by atoms with Crippen molar-refractivity contribution in [2.75, 3.05) is 18.4 Å². The largest absolute Gasteiger partial charge is 0.573 e. The minimum Gasteiger partial charge on any atom is -0.495 e. The summed E-state index contributed by atoms with van der Waals surface area (Å²) in [7, 11) is 1.32. The first-order valence-electron chi connectivity index (χ1n) is 11.9. The van der Waals surface area contributed by atoms with Crippen LogP contribution in [-0.4, -0.2) is 43.3 Å². The predicted molar refractivity (Wildman–Crippen MR) is 144 cm³/mol. The lowest BCUT2D eigenvalue weighted by molar-refractivity contribution is -0.274. The van der Waals surface area contributed by atoms with Gasteiger partial charge in [0.25, 0.3) is 5.56 Å². The number of hydrogen-bond acceptors (Lipinski definition) is 6. The maximum atomic E-state index is 15.5. The van der Waals surface area contributed by atoms with Crippen LogP contribution in [0.4, 0.5) is 23.4 Å². The number of nitrogens with zero attached hydrogens (tertiary/aromatic N) is 4. The van der Waals surface area contributed by atoms with Crippen LogP contribution < -0.4 is 19.8 Å². The summed E-state index contributed by atoms with van der Waals surface area (Å²) in [5.74, 6) is -1.03. The number of aromatic nitrogens is 3. The molecule has 2 aromatic heterocycles. The van der Waals surface area contributed by atoms with E-state index in [9.17, 15) is 22.2 Å². The summed E-state index contributed by atoms with van der Waals surface area (Å²) in [5, 5.41) is 7.50. The van der Waals surface area contributed by atoms with E-state index in [1.165, 1.54) is 36.1 Å². The van der Waals surface area contributed by atoms with Crippen LogP contribution in [0.25, 0.3) is 16.8 Å². The zero-order valence-electron chi connectivity index (χ0n) is 21.1. The van der Waals surface area contributed by atoms with Gasteiger partial charge in [0.2, 0.25) is 0 Å². The second kappa shape index (κ2) is 11.5. The molecule has 15 heteroatoms. The first kappa shape index (κ1) is 28.5. The molecule has 0 radical (unpaired) electrons. The van der Waals surface area contributed by atoms with Crippen molar-refractivity contribution in [2.45, 2.75) is 19.3 Å². The zero-order chi connectivity index (χ0) is 29.3. The van der Waals surface area contributed by atoms with E-state index >= 15 is 4.39 Å². The summed E-state index contributed by atoms with van der Waals surface area (Å²) in [6, 6.07) is 11.8. The van der Waals surface area contributed by atoms with Crippen LogP contribution in [0, 0.1) is 5.82 Å². The molecule has 214 valence electrons. The fourth-order valence-electron chi connectivity index (χ4n) is 4.46. The van der Waals surface area contributed by atoms with Gasteiger partial charge in [-0.3, -0.25) is 14.1 Å². The Kier molecular flexibility index (Phi) is 7.98. The number of anilines is 1. The standard InChI is InChI=1S/C26H20ClF4N5O4S/c1-39-23-12-19(16-9-17(27)11-18(10-16)40-26(29,30)31)20(28)13-22(23)36-21-6-8-35(14-15(21)4-5-25(36)37)41(38)34-24-3-2-7-32-33-24/h2-5,7,9-13H,6,8,14H2,1H3,(H,33,34). The van der Waals surface area contributed by atoms with Gasteiger partial charge < -0.3 is 9.47 Å². The van der Waals surface area contributed by atoms with E-state index in [1.54, 1.807) is 22.5 Å². The molecule has 0 spiro atoms. The van der Waals surface area contributed by atoms with E-state index in [0.717, 1.165) is 18.2 Å². The highest BCUT2D eigenvalue weighted by atomic mass is 35.5. The van der Waals surface area contributed by atoms with E-state index in [-0.39, 0.29) is 40.6 Å². The summed E-state index contributed by atoms with van der Waals surface area (Å²) < 4.78 is 81.9. The van der Waals surface area contributed by atoms with Crippen LogP contribution in [-0.2, 0) is 24.1 Å². The summed E-state index contributed by atoms with van der Waals surface area (Å²) in [6.07, 6.45) is -3.19. The summed E-state index contributed by atoms with van der Waals surface area (Å²) in [4.78, 5) is 13.0. The molecule has 0 bridgehead atoms. The highest BCUT2D eigenvalue weighted by Gasteiger charge is 2.32. The molecule has 41 heavy (non-hydrogen) atoms. The van der Waals surface area contributed by atoms with Crippen molar-refractivity contribution < 1.29 is 31.2 Å². The molecule has 1 N–H and O–H groups in total. The molecule has 0 fully saturated rings. The lowest BCUT2D eigenvalue weighted by Crippen LogP contribution is -2.38. The Morgan fingerprint density at radius 2 is 1.93 bits per heavy atom. The minimum atomic E-state index is -4.97. The van der Waals surface area contributed by atoms with Crippen LogP contribution in [0.2, 0.25) is 5.02 Å². The van der Waals surface area contributed by atoms with Crippen LogP contribution in [0.5, 0.6) is 11.5 Å². The Labute approximate surface area is 238 Å². The summed E-state index contributed by atoms with van der Waals surface area (Å²) in [5.41, 5.74) is 0.784. The Balaban J connectivity index is 1.50. The number of pyridine rings is 1. The smallest absolute Gasteiger partial charge is 0.495 e.